The van der Waals surface area contributed by atoms with Crippen LogP contribution in [0, 0.1) is 0 Å². The van der Waals surface area contributed by atoms with E-state index in [-0.39, 0.29) is 17.5 Å². The van der Waals surface area contributed by atoms with E-state index in [2.05, 4.69) is 30.8 Å². The molecule has 1 atom stereocenters. The average Bonchev–Trinajstić information content (AvgIpc) is 3.02. The Morgan fingerprint density at radius 3 is 2.81 bits per heavy atom. The number of anilines is 3. The third-order valence-corrected chi connectivity index (χ3v) is 4.48. The molecule has 0 radical (unpaired) electrons. The third kappa shape index (κ3) is 3.52. The fraction of sp³-hybridized carbons (Fsp3) is 0.200. The van der Waals surface area contributed by atoms with E-state index in [1.165, 1.54) is 11.3 Å². The summed E-state index contributed by atoms with van der Waals surface area (Å²) in [5.41, 5.74) is 11.2. The number of carbonyl (C=O) groups is 2. The predicted molar refractivity (Wildman–Crippen MR) is 98.1 cm³/mol. The Balaban J connectivity index is 1.97. The molecule has 0 spiro atoms. The zero-order valence-electron chi connectivity index (χ0n) is 13.8. The Hall–Kier alpha value is -3.34. The van der Waals surface area contributed by atoms with Gasteiger partial charge < -0.3 is 22.1 Å². The molecule has 134 valence electrons. The Morgan fingerprint density at radius 2 is 2.12 bits per heavy atom. The van der Waals surface area contributed by atoms with Gasteiger partial charge in [-0.05, 0) is 18.6 Å². The highest BCUT2D eigenvalue weighted by Crippen LogP contribution is 2.31. The molecule has 0 aromatic carbocycles. The maximum Gasteiger partial charge on any atom is 0.273 e. The zero-order valence-corrected chi connectivity index (χ0v) is 14.6. The maximum atomic E-state index is 11.6. The lowest BCUT2D eigenvalue weighted by Crippen LogP contribution is -2.35. The van der Waals surface area contributed by atoms with Gasteiger partial charge in [-0.1, -0.05) is 6.92 Å². The average molecular weight is 372 g/mol. The molecule has 11 heteroatoms. The first kappa shape index (κ1) is 17.5. The molecule has 0 unspecified atom stereocenters. The summed E-state index contributed by atoms with van der Waals surface area (Å²) in [4.78, 5) is 32.4. The van der Waals surface area contributed by atoms with Crippen molar-refractivity contribution in [1.82, 2.24) is 20.2 Å². The summed E-state index contributed by atoms with van der Waals surface area (Å²) in [6.07, 6.45) is 2.14. The van der Waals surface area contributed by atoms with Gasteiger partial charge in [-0.15, -0.1) is 21.5 Å². The largest absolute Gasteiger partial charge is 0.368 e. The molecule has 0 bridgehead atoms. The monoisotopic (exact) mass is 372 g/mol. The highest BCUT2D eigenvalue weighted by atomic mass is 32.1. The highest BCUT2D eigenvalue weighted by Gasteiger charge is 2.19. The van der Waals surface area contributed by atoms with Crippen LogP contribution in [-0.4, -0.2) is 38.0 Å². The number of nitrogens with two attached hydrogens (primary N) is 2. The number of hydrogen-bond donors (Lipinski definition) is 4. The summed E-state index contributed by atoms with van der Waals surface area (Å²) in [5.74, 6) is -1.14. The standard InChI is InChI=1S/C15H16N8O2S/c1-2-8(11(16)24)20-15-21-13(10(12(17)25)22-23-15)19-9-6-26-14-7(9)4-3-5-18-14/h3-6,8H,2H2,1H3,(H2,16,24)(H2,17,25)(H2,19,20,21,23)/t8-/m1/s1. The second-order valence-corrected chi connectivity index (χ2v) is 6.19. The van der Waals surface area contributed by atoms with Crippen LogP contribution in [0.1, 0.15) is 23.8 Å². The summed E-state index contributed by atoms with van der Waals surface area (Å²) in [6, 6.07) is 3.04. The van der Waals surface area contributed by atoms with Crippen LogP contribution in [0.5, 0.6) is 0 Å². The molecule has 2 amide bonds. The summed E-state index contributed by atoms with van der Waals surface area (Å²) in [7, 11) is 0. The number of hydrogen-bond acceptors (Lipinski definition) is 9. The number of aromatic nitrogens is 4. The molecule has 3 rings (SSSR count). The van der Waals surface area contributed by atoms with E-state index in [1.807, 2.05) is 11.4 Å². The molecule has 10 nitrogen and oxygen atoms in total. The Bertz CT molecular complexity index is 973. The quantitative estimate of drug-likeness (QED) is 0.477. The van der Waals surface area contributed by atoms with Crippen LogP contribution < -0.4 is 22.1 Å². The van der Waals surface area contributed by atoms with Gasteiger partial charge in [0.25, 0.3) is 5.91 Å². The van der Waals surface area contributed by atoms with E-state index in [9.17, 15) is 9.59 Å². The van der Waals surface area contributed by atoms with E-state index in [4.69, 9.17) is 11.5 Å². The van der Waals surface area contributed by atoms with Gasteiger partial charge in [0, 0.05) is 17.0 Å². The van der Waals surface area contributed by atoms with E-state index in [0.29, 0.717) is 12.1 Å². The molecule has 0 aliphatic rings. The van der Waals surface area contributed by atoms with Crippen molar-refractivity contribution in [3.05, 3.63) is 29.4 Å². The van der Waals surface area contributed by atoms with Gasteiger partial charge in [0.05, 0.1) is 5.69 Å². The fourth-order valence-electron chi connectivity index (χ4n) is 2.26. The van der Waals surface area contributed by atoms with Gasteiger partial charge in [-0.3, -0.25) is 9.59 Å². The minimum Gasteiger partial charge on any atom is -0.368 e. The lowest BCUT2D eigenvalue weighted by molar-refractivity contribution is -0.118. The molecule has 0 aliphatic heterocycles. The number of amides is 2. The SMILES string of the molecule is CC[C@@H](Nc1nnc(C(N)=O)c(Nc2csc3ncccc23)n1)C(N)=O. The molecule has 3 aromatic rings. The first-order chi connectivity index (χ1) is 12.5. The van der Waals surface area contributed by atoms with Crippen molar-refractivity contribution in [3.8, 4) is 0 Å². The third-order valence-electron chi connectivity index (χ3n) is 3.58. The van der Waals surface area contributed by atoms with Gasteiger partial charge in [0.1, 0.15) is 10.9 Å². The van der Waals surface area contributed by atoms with Crippen molar-refractivity contribution in [3.63, 3.8) is 0 Å². The van der Waals surface area contributed by atoms with Gasteiger partial charge in [0.15, 0.2) is 11.5 Å². The number of carbonyl (C=O) groups excluding carboxylic acids is 2. The number of rotatable bonds is 7. The molecule has 26 heavy (non-hydrogen) atoms. The number of nitrogens with one attached hydrogen (secondary N) is 2. The van der Waals surface area contributed by atoms with E-state index < -0.39 is 17.9 Å². The number of pyridine rings is 1. The predicted octanol–water partition coefficient (Wildman–Crippen LogP) is 1.000. The van der Waals surface area contributed by atoms with Gasteiger partial charge in [-0.25, -0.2) is 4.98 Å². The first-order valence-electron chi connectivity index (χ1n) is 7.69. The molecular weight excluding hydrogens is 356 g/mol. The van der Waals surface area contributed by atoms with E-state index in [0.717, 1.165) is 10.2 Å². The molecule has 0 saturated heterocycles. The maximum absolute atomic E-state index is 11.6. The Kier molecular flexibility index (Phi) is 4.89. The zero-order chi connectivity index (χ0) is 18.7. The number of nitrogens with zero attached hydrogens (tertiary/aromatic N) is 4. The summed E-state index contributed by atoms with van der Waals surface area (Å²) in [5, 5.41) is 16.1. The van der Waals surface area contributed by atoms with E-state index >= 15 is 0 Å². The smallest absolute Gasteiger partial charge is 0.273 e. The second kappa shape index (κ2) is 7.27. The second-order valence-electron chi connectivity index (χ2n) is 5.33. The van der Waals surface area contributed by atoms with Crippen LogP contribution in [0.3, 0.4) is 0 Å². The van der Waals surface area contributed by atoms with Crippen LogP contribution in [0.4, 0.5) is 17.5 Å². The van der Waals surface area contributed by atoms with Crippen LogP contribution in [0.2, 0.25) is 0 Å². The van der Waals surface area contributed by atoms with E-state index in [1.54, 1.807) is 19.2 Å². The Morgan fingerprint density at radius 1 is 1.31 bits per heavy atom. The summed E-state index contributed by atoms with van der Waals surface area (Å²) >= 11 is 1.44. The van der Waals surface area contributed by atoms with Crippen molar-refractivity contribution < 1.29 is 9.59 Å². The van der Waals surface area contributed by atoms with Crippen LogP contribution in [-0.2, 0) is 4.79 Å². The summed E-state index contributed by atoms with van der Waals surface area (Å²) in [6.45, 7) is 1.79. The Labute approximate surface area is 152 Å². The number of fused-ring (bicyclic) bond motifs is 1. The number of thiophene rings is 1. The molecular formula is C15H16N8O2S. The highest BCUT2D eigenvalue weighted by molar-refractivity contribution is 7.17. The van der Waals surface area contributed by atoms with Crippen molar-refractivity contribution in [2.45, 2.75) is 19.4 Å². The molecule has 3 heterocycles. The topological polar surface area (TPSA) is 162 Å². The van der Waals surface area contributed by atoms with Gasteiger partial charge in [0.2, 0.25) is 11.9 Å². The normalized spacial score (nSPS) is 11.9. The van der Waals surface area contributed by atoms with Crippen molar-refractivity contribution in [2.75, 3.05) is 10.6 Å². The van der Waals surface area contributed by atoms with Crippen LogP contribution in [0.25, 0.3) is 10.2 Å². The lowest BCUT2D eigenvalue weighted by atomic mass is 10.2. The fourth-order valence-corrected chi connectivity index (χ4v) is 3.10. The van der Waals surface area contributed by atoms with Crippen LogP contribution in [0.15, 0.2) is 23.7 Å². The number of primary amides is 2. The van der Waals surface area contributed by atoms with Crippen molar-refractivity contribution in [2.24, 2.45) is 11.5 Å². The summed E-state index contributed by atoms with van der Waals surface area (Å²) < 4.78 is 0. The first-order valence-corrected chi connectivity index (χ1v) is 8.57. The lowest BCUT2D eigenvalue weighted by Gasteiger charge is -2.14. The van der Waals surface area contributed by atoms with Gasteiger partial charge >= 0.3 is 0 Å². The molecule has 6 N–H and O–H groups in total. The molecule has 0 aliphatic carbocycles. The molecule has 0 fully saturated rings. The van der Waals surface area contributed by atoms with Crippen molar-refractivity contribution >= 4 is 50.8 Å². The van der Waals surface area contributed by atoms with Crippen molar-refractivity contribution in [1.29, 1.82) is 0 Å². The van der Waals surface area contributed by atoms with Crippen LogP contribution >= 0.6 is 11.3 Å². The molecule has 0 saturated carbocycles. The van der Waals surface area contributed by atoms with Gasteiger partial charge in [-0.2, -0.15) is 4.98 Å². The minimum atomic E-state index is -0.779. The molecule has 3 aromatic heterocycles. The minimum absolute atomic E-state index is 0.0563.